The van der Waals surface area contributed by atoms with Crippen LogP contribution in [0.5, 0.6) is 5.75 Å². The van der Waals surface area contributed by atoms with Crippen LogP contribution in [0, 0.1) is 0 Å². The molecule has 1 atom stereocenters. The van der Waals surface area contributed by atoms with Gasteiger partial charge in [0.1, 0.15) is 5.75 Å². The number of hydrogen-bond acceptors (Lipinski definition) is 3. The summed E-state index contributed by atoms with van der Waals surface area (Å²) in [6.07, 6.45) is 8.40. The summed E-state index contributed by atoms with van der Waals surface area (Å²) in [5.74, 6) is 0.328. The molecule has 0 bridgehead atoms. The molecule has 2 heterocycles. The first-order valence-electron chi connectivity index (χ1n) is 8.40. The average molecular weight is 452 g/mol. The van der Waals surface area contributed by atoms with Crippen LogP contribution in [-0.4, -0.2) is 24.2 Å². The number of allylic oxidation sites excluding steroid dienone is 2. The highest BCUT2D eigenvalue weighted by Gasteiger charge is 2.31. The number of piperidine rings is 1. The van der Waals surface area contributed by atoms with Crippen molar-refractivity contribution in [2.24, 2.45) is 0 Å². The van der Waals surface area contributed by atoms with Crippen molar-refractivity contribution in [1.82, 2.24) is 10.6 Å². The maximum atomic E-state index is 10.1. The third kappa shape index (κ3) is 2.87. The highest BCUT2D eigenvalue weighted by atomic mass is 79.9. The molecule has 3 aliphatic rings. The van der Waals surface area contributed by atoms with E-state index in [0.717, 1.165) is 47.7 Å². The lowest BCUT2D eigenvalue weighted by molar-refractivity contribution is 0.471. The lowest BCUT2D eigenvalue weighted by atomic mass is 9.85. The standard InChI is InChI=1S/C19H20Br2N2O/c20-13-9-12-1-2-15-14(3-4-16(24)18(15)21)17(19(12)23-10-13)11-5-7-22-8-6-11/h3-4,9-10,19,22-24H,1-2,5-8H2. The van der Waals surface area contributed by atoms with E-state index in [2.05, 4.69) is 60.8 Å². The number of phenolic OH excluding ortho intramolecular Hbond substituents is 1. The molecule has 0 radical (unpaired) electrons. The zero-order valence-corrected chi connectivity index (χ0v) is 16.5. The van der Waals surface area contributed by atoms with Gasteiger partial charge >= 0.3 is 0 Å². The molecule has 1 fully saturated rings. The van der Waals surface area contributed by atoms with Gasteiger partial charge < -0.3 is 15.7 Å². The van der Waals surface area contributed by atoms with Crippen molar-refractivity contribution in [3.05, 3.63) is 55.6 Å². The highest BCUT2D eigenvalue weighted by Crippen LogP contribution is 2.43. The average Bonchev–Trinajstić information content (AvgIpc) is 2.76. The molecule has 0 saturated carbocycles. The van der Waals surface area contributed by atoms with Crippen molar-refractivity contribution in [2.75, 3.05) is 13.1 Å². The van der Waals surface area contributed by atoms with Crippen LogP contribution < -0.4 is 10.6 Å². The summed E-state index contributed by atoms with van der Waals surface area (Å²) in [6, 6.07) is 4.14. The van der Waals surface area contributed by atoms with E-state index < -0.39 is 0 Å². The summed E-state index contributed by atoms with van der Waals surface area (Å²) in [5, 5.41) is 17.2. The Morgan fingerprint density at radius 2 is 1.83 bits per heavy atom. The van der Waals surface area contributed by atoms with Crippen LogP contribution in [0.15, 0.2) is 44.5 Å². The Bertz CT molecular complexity index is 772. The van der Waals surface area contributed by atoms with E-state index in [4.69, 9.17) is 0 Å². The van der Waals surface area contributed by atoms with E-state index in [1.54, 1.807) is 0 Å². The van der Waals surface area contributed by atoms with Crippen LogP contribution in [-0.2, 0) is 6.42 Å². The summed E-state index contributed by atoms with van der Waals surface area (Å²) in [6.45, 7) is 2.08. The van der Waals surface area contributed by atoms with Gasteiger partial charge in [0.2, 0.25) is 0 Å². The van der Waals surface area contributed by atoms with Crippen molar-refractivity contribution in [3.63, 3.8) is 0 Å². The summed E-state index contributed by atoms with van der Waals surface area (Å²) in [4.78, 5) is 0. The molecule has 1 aliphatic carbocycles. The van der Waals surface area contributed by atoms with E-state index in [1.165, 1.54) is 27.8 Å². The fraction of sp³-hybridized carbons (Fsp3) is 0.368. The smallest absolute Gasteiger partial charge is 0.130 e. The van der Waals surface area contributed by atoms with E-state index >= 15 is 0 Å². The first kappa shape index (κ1) is 16.4. The lowest BCUT2D eigenvalue weighted by Gasteiger charge is -2.30. The summed E-state index contributed by atoms with van der Waals surface area (Å²) in [5.41, 5.74) is 6.86. The van der Waals surface area contributed by atoms with E-state index in [9.17, 15) is 5.11 Å². The zero-order valence-electron chi connectivity index (χ0n) is 13.3. The van der Waals surface area contributed by atoms with Crippen molar-refractivity contribution in [1.29, 1.82) is 0 Å². The highest BCUT2D eigenvalue weighted by molar-refractivity contribution is 9.12. The van der Waals surface area contributed by atoms with Gasteiger partial charge in [-0.05, 0) is 105 Å². The Morgan fingerprint density at radius 1 is 1.04 bits per heavy atom. The Morgan fingerprint density at radius 3 is 2.62 bits per heavy atom. The van der Waals surface area contributed by atoms with Crippen LogP contribution in [0.1, 0.15) is 30.4 Å². The fourth-order valence-corrected chi connectivity index (χ4v) is 4.95. The minimum absolute atomic E-state index is 0.233. The third-order valence-corrected chi connectivity index (χ3v) is 6.48. The van der Waals surface area contributed by atoms with E-state index in [1.807, 2.05) is 6.07 Å². The molecule has 1 saturated heterocycles. The molecular weight excluding hydrogens is 432 g/mol. The maximum absolute atomic E-state index is 10.1. The Kier molecular flexibility index (Phi) is 4.58. The molecule has 1 aromatic carbocycles. The number of phenols is 1. The van der Waals surface area contributed by atoms with Crippen molar-refractivity contribution in [2.45, 2.75) is 31.7 Å². The monoisotopic (exact) mass is 450 g/mol. The number of rotatable bonds is 0. The van der Waals surface area contributed by atoms with Gasteiger partial charge in [0, 0.05) is 10.7 Å². The molecule has 0 aromatic heterocycles. The van der Waals surface area contributed by atoms with E-state index in [0.29, 0.717) is 5.75 Å². The summed E-state index contributed by atoms with van der Waals surface area (Å²) >= 11 is 7.22. The molecule has 2 aliphatic heterocycles. The number of aromatic hydroxyl groups is 1. The van der Waals surface area contributed by atoms with Crippen LogP contribution in [0.2, 0.25) is 0 Å². The van der Waals surface area contributed by atoms with Crippen LogP contribution in [0.4, 0.5) is 0 Å². The van der Waals surface area contributed by atoms with Gasteiger partial charge in [-0.3, -0.25) is 0 Å². The second-order valence-corrected chi connectivity index (χ2v) is 8.25. The lowest BCUT2D eigenvalue weighted by Crippen LogP contribution is -2.32. The van der Waals surface area contributed by atoms with Crippen molar-refractivity contribution >= 4 is 37.4 Å². The fourth-order valence-electron chi connectivity index (χ4n) is 3.98. The number of dihydropyridines is 1. The number of nitrogens with one attached hydrogen (secondary N) is 2. The molecule has 4 rings (SSSR count). The minimum atomic E-state index is 0.233. The molecule has 3 nitrogen and oxygen atoms in total. The van der Waals surface area contributed by atoms with Gasteiger partial charge in [-0.2, -0.15) is 0 Å². The molecule has 0 spiro atoms. The van der Waals surface area contributed by atoms with Crippen molar-refractivity contribution < 1.29 is 5.11 Å². The molecule has 24 heavy (non-hydrogen) atoms. The van der Waals surface area contributed by atoms with Crippen LogP contribution >= 0.6 is 31.9 Å². The number of halogens is 2. The number of hydrogen-bond donors (Lipinski definition) is 3. The molecule has 5 heteroatoms. The number of fused-ring (bicyclic) bond motifs is 2. The summed E-state index contributed by atoms with van der Waals surface area (Å²) in [7, 11) is 0. The van der Waals surface area contributed by atoms with Gasteiger partial charge in [-0.1, -0.05) is 11.6 Å². The van der Waals surface area contributed by atoms with Crippen LogP contribution in [0.25, 0.3) is 5.57 Å². The maximum Gasteiger partial charge on any atom is 0.130 e. The normalized spacial score (nSPS) is 23.5. The summed E-state index contributed by atoms with van der Waals surface area (Å²) < 4.78 is 1.94. The Labute approximate surface area is 159 Å². The molecule has 1 aromatic rings. The van der Waals surface area contributed by atoms with Crippen LogP contribution in [0.3, 0.4) is 0 Å². The molecule has 0 amide bonds. The Balaban J connectivity index is 1.92. The first-order valence-corrected chi connectivity index (χ1v) is 9.99. The van der Waals surface area contributed by atoms with Gasteiger partial charge in [-0.15, -0.1) is 0 Å². The second-order valence-electron chi connectivity index (χ2n) is 6.54. The molecule has 126 valence electrons. The molecule has 3 N–H and O–H groups in total. The van der Waals surface area contributed by atoms with Crippen molar-refractivity contribution in [3.8, 4) is 5.75 Å². The second kappa shape index (κ2) is 6.70. The molecule has 1 unspecified atom stereocenters. The minimum Gasteiger partial charge on any atom is -0.507 e. The van der Waals surface area contributed by atoms with Gasteiger partial charge in [-0.25, -0.2) is 0 Å². The number of benzene rings is 1. The largest absolute Gasteiger partial charge is 0.507 e. The molecular formula is C19H20Br2N2O. The first-order chi connectivity index (χ1) is 11.6. The SMILES string of the molecule is Oc1ccc2c(c1Br)CCC1=CC(Br)=CNC1C2=C1CCNCC1. The van der Waals surface area contributed by atoms with Gasteiger partial charge in [0.25, 0.3) is 0 Å². The Hall–Kier alpha value is -1.04. The van der Waals surface area contributed by atoms with Gasteiger partial charge in [0.15, 0.2) is 0 Å². The predicted molar refractivity (Wildman–Crippen MR) is 105 cm³/mol. The quantitative estimate of drug-likeness (QED) is 0.548. The topological polar surface area (TPSA) is 44.3 Å². The zero-order chi connectivity index (χ0) is 16.7. The van der Waals surface area contributed by atoms with Gasteiger partial charge in [0.05, 0.1) is 10.5 Å². The third-order valence-electron chi connectivity index (χ3n) is 5.14. The predicted octanol–water partition coefficient (Wildman–Crippen LogP) is 4.37. The van der Waals surface area contributed by atoms with E-state index in [-0.39, 0.29) is 6.04 Å².